The molecule has 0 unspecified atom stereocenters. The minimum absolute atomic E-state index is 0.0447. The topological polar surface area (TPSA) is 52.9 Å². The third-order valence-electron chi connectivity index (χ3n) is 2.76. The number of benzene rings is 2. The number of hydrogen-bond donors (Lipinski definition) is 1. The van der Waals surface area contributed by atoms with Gasteiger partial charge in [0.1, 0.15) is 0 Å². The van der Waals surface area contributed by atoms with Crippen molar-refractivity contribution in [3.8, 4) is 6.07 Å². The molecule has 0 heterocycles. The smallest absolute Gasteiger partial charge is 0.234 e. The summed E-state index contributed by atoms with van der Waals surface area (Å²) < 4.78 is 0.975. The van der Waals surface area contributed by atoms with Crippen LogP contribution in [0.1, 0.15) is 11.1 Å². The highest BCUT2D eigenvalue weighted by Gasteiger charge is 2.05. The number of carbonyl (C=O) groups is 1. The van der Waals surface area contributed by atoms with E-state index in [9.17, 15) is 4.79 Å². The van der Waals surface area contributed by atoms with Gasteiger partial charge in [0.25, 0.3) is 0 Å². The van der Waals surface area contributed by atoms with E-state index in [4.69, 9.17) is 5.26 Å². The van der Waals surface area contributed by atoms with Crippen LogP contribution in [-0.4, -0.2) is 11.7 Å². The number of nitrogens with one attached hydrogen (secondary N) is 1. The summed E-state index contributed by atoms with van der Waals surface area (Å²) in [5.41, 5.74) is 2.40. The van der Waals surface area contributed by atoms with Gasteiger partial charge in [-0.25, -0.2) is 0 Å². The van der Waals surface area contributed by atoms with Gasteiger partial charge in [-0.15, -0.1) is 11.8 Å². The zero-order valence-electron chi connectivity index (χ0n) is 11.2. The summed E-state index contributed by atoms with van der Waals surface area (Å²) in [6.45, 7) is 0. The normalized spacial score (nSPS) is 9.90. The molecule has 0 saturated carbocycles. The van der Waals surface area contributed by atoms with Crippen molar-refractivity contribution in [1.29, 1.82) is 5.26 Å². The van der Waals surface area contributed by atoms with Crippen molar-refractivity contribution in [2.45, 2.75) is 5.75 Å². The van der Waals surface area contributed by atoms with Crippen molar-refractivity contribution in [2.24, 2.45) is 0 Å². The van der Waals surface area contributed by atoms with E-state index in [2.05, 4.69) is 27.3 Å². The minimum Gasteiger partial charge on any atom is -0.325 e. The van der Waals surface area contributed by atoms with Crippen LogP contribution >= 0.6 is 27.7 Å². The van der Waals surface area contributed by atoms with E-state index in [1.165, 1.54) is 11.8 Å². The maximum atomic E-state index is 11.8. The molecule has 106 valence electrons. The average Bonchev–Trinajstić information content (AvgIpc) is 2.50. The van der Waals surface area contributed by atoms with E-state index >= 15 is 0 Å². The lowest BCUT2D eigenvalue weighted by Crippen LogP contribution is -2.14. The number of nitrogens with zero attached hydrogens (tertiary/aromatic N) is 1. The number of nitriles is 1. The molecule has 0 spiro atoms. The first kappa shape index (κ1) is 15.6. The van der Waals surface area contributed by atoms with Gasteiger partial charge in [-0.05, 0) is 35.9 Å². The molecule has 1 N–H and O–H groups in total. The second kappa shape index (κ2) is 7.87. The molecule has 0 saturated heterocycles. The lowest BCUT2D eigenvalue weighted by Gasteiger charge is -2.06. The molecule has 2 rings (SSSR count). The first-order valence-corrected chi connectivity index (χ1v) is 8.25. The molecule has 2 aromatic carbocycles. The molecule has 0 aliphatic heterocycles. The molecule has 0 aliphatic rings. The highest BCUT2D eigenvalue weighted by molar-refractivity contribution is 9.10. The third kappa shape index (κ3) is 4.92. The number of anilines is 1. The fourth-order valence-electron chi connectivity index (χ4n) is 1.74. The van der Waals surface area contributed by atoms with Crippen LogP contribution in [-0.2, 0) is 10.5 Å². The van der Waals surface area contributed by atoms with E-state index < -0.39 is 0 Å². The highest BCUT2D eigenvalue weighted by Crippen LogP contribution is 2.17. The lowest BCUT2D eigenvalue weighted by atomic mass is 10.1. The molecule has 5 heteroatoms. The number of hydrogen-bond acceptors (Lipinski definition) is 3. The van der Waals surface area contributed by atoms with Crippen LogP contribution in [0.15, 0.2) is 53.0 Å². The van der Waals surface area contributed by atoms with Gasteiger partial charge in [-0.2, -0.15) is 5.26 Å². The van der Waals surface area contributed by atoms with Crippen molar-refractivity contribution in [2.75, 3.05) is 11.1 Å². The zero-order chi connectivity index (χ0) is 15.1. The van der Waals surface area contributed by atoms with Crippen LogP contribution in [0, 0.1) is 11.3 Å². The Morgan fingerprint density at radius 1 is 1.19 bits per heavy atom. The number of thioether (sulfide) groups is 1. The van der Waals surface area contributed by atoms with Gasteiger partial charge < -0.3 is 5.32 Å². The first-order chi connectivity index (χ1) is 10.2. The Morgan fingerprint density at radius 3 is 2.62 bits per heavy atom. The number of amides is 1. The summed E-state index contributed by atoms with van der Waals surface area (Å²) in [5.74, 6) is 0.963. The van der Waals surface area contributed by atoms with Gasteiger partial charge in [-0.3, -0.25) is 4.79 Å². The van der Waals surface area contributed by atoms with E-state index in [1.54, 1.807) is 6.07 Å². The Balaban J connectivity index is 1.82. The van der Waals surface area contributed by atoms with Crippen molar-refractivity contribution in [1.82, 2.24) is 0 Å². The molecular weight excluding hydrogens is 348 g/mol. The number of halogens is 1. The van der Waals surface area contributed by atoms with E-state index in [-0.39, 0.29) is 5.91 Å². The third-order valence-corrected chi connectivity index (χ3v) is 4.27. The monoisotopic (exact) mass is 360 g/mol. The molecule has 0 atom stereocenters. The van der Waals surface area contributed by atoms with Gasteiger partial charge in [0.15, 0.2) is 0 Å². The molecule has 2 aromatic rings. The van der Waals surface area contributed by atoms with E-state index in [0.29, 0.717) is 17.1 Å². The Labute approximate surface area is 136 Å². The second-order valence-corrected chi connectivity index (χ2v) is 6.22. The fraction of sp³-hybridized carbons (Fsp3) is 0.125. The Kier molecular flexibility index (Phi) is 5.85. The molecule has 3 nitrogen and oxygen atoms in total. The van der Waals surface area contributed by atoms with Gasteiger partial charge in [0.2, 0.25) is 5.91 Å². The largest absolute Gasteiger partial charge is 0.325 e. The SMILES string of the molecule is N#Cc1ccccc1CSCC(=O)Nc1ccc(Br)cc1. The van der Waals surface area contributed by atoms with Crippen LogP contribution in [0.3, 0.4) is 0 Å². The molecule has 0 fully saturated rings. The summed E-state index contributed by atoms with van der Waals surface area (Å²) in [5, 5.41) is 11.8. The van der Waals surface area contributed by atoms with Crippen molar-refractivity contribution in [3.63, 3.8) is 0 Å². The van der Waals surface area contributed by atoms with Gasteiger partial charge in [0.05, 0.1) is 17.4 Å². The Morgan fingerprint density at radius 2 is 1.90 bits per heavy atom. The van der Waals surface area contributed by atoms with Crippen LogP contribution < -0.4 is 5.32 Å². The van der Waals surface area contributed by atoms with Crippen molar-refractivity contribution >= 4 is 39.3 Å². The quantitative estimate of drug-likeness (QED) is 0.869. The molecule has 0 bridgehead atoms. The predicted octanol–water partition coefficient (Wildman–Crippen LogP) is 4.19. The highest BCUT2D eigenvalue weighted by atomic mass is 79.9. The van der Waals surface area contributed by atoms with Crippen LogP contribution in [0.5, 0.6) is 0 Å². The molecule has 0 aliphatic carbocycles. The summed E-state index contributed by atoms with van der Waals surface area (Å²) >= 11 is 4.84. The first-order valence-electron chi connectivity index (χ1n) is 6.30. The second-order valence-electron chi connectivity index (χ2n) is 4.32. The Bertz CT molecular complexity index is 665. The fourth-order valence-corrected chi connectivity index (χ4v) is 2.83. The number of carbonyl (C=O) groups excluding carboxylic acids is 1. The van der Waals surface area contributed by atoms with Gasteiger partial charge >= 0.3 is 0 Å². The molecule has 0 radical (unpaired) electrons. The van der Waals surface area contributed by atoms with Crippen LogP contribution in [0.2, 0.25) is 0 Å². The zero-order valence-corrected chi connectivity index (χ0v) is 13.6. The Hall–Kier alpha value is -1.77. The summed E-state index contributed by atoms with van der Waals surface area (Å²) in [6.07, 6.45) is 0. The minimum atomic E-state index is -0.0447. The van der Waals surface area contributed by atoms with Crippen LogP contribution in [0.4, 0.5) is 5.69 Å². The summed E-state index contributed by atoms with van der Waals surface area (Å²) in [6, 6.07) is 17.1. The maximum Gasteiger partial charge on any atom is 0.234 e. The molecule has 1 amide bonds. The van der Waals surface area contributed by atoms with Crippen LogP contribution in [0.25, 0.3) is 0 Å². The van der Waals surface area contributed by atoms with Gasteiger partial charge in [-0.1, -0.05) is 34.1 Å². The maximum absolute atomic E-state index is 11.8. The number of rotatable bonds is 5. The average molecular weight is 361 g/mol. The molecular formula is C16H13BrN2OS. The van der Waals surface area contributed by atoms with E-state index in [1.807, 2.05) is 42.5 Å². The predicted molar refractivity (Wildman–Crippen MR) is 90.1 cm³/mol. The molecule has 0 aromatic heterocycles. The van der Waals surface area contributed by atoms with E-state index in [0.717, 1.165) is 15.7 Å². The lowest BCUT2D eigenvalue weighted by molar-refractivity contribution is -0.113. The molecule has 21 heavy (non-hydrogen) atoms. The standard InChI is InChI=1S/C16H13BrN2OS/c17-14-5-7-15(8-6-14)19-16(20)11-21-10-13-4-2-1-3-12(13)9-18/h1-8H,10-11H2,(H,19,20). The summed E-state index contributed by atoms with van der Waals surface area (Å²) in [4.78, 5) is 11.8. The van der Waals surface area contributed by atoms with Gasteiger partial charge in [0, 0.05) is 15.9 Å². The van der Waals surface area contributed by atoms with Crippen molar-refractivity contribution < 1.29 is 4.79 Å². The van der Waals surface area contributed by atoms with Crippen molar-refractivity contribution in [3.05, 3.63) is 64.1 Å². The summed E-state index contributed by atoms with van der Waals surface area (Å²) in [7, 11) is 0.